The van der Waals surface area contributed by atoms with E-state index in [1.54, 1.807) is 0 Å². The lowest BCUT2D eigenvalue weighted by atomic mass is 10.1. The van der Waals surface area contributed by atoms with Crippen molar-refractivity contribution in [2.45, 2.75) is 13.1 Å². The number of benzene rings is 1. The Hall–Kier alpha value is -1.07. The van der Waals surface area contributed by atoms with Gasteiger partial charge in [0.05, 0.1) is 20.9 Å². The first kappa shape index (κ1) is 13.4. The van der Waals surface area contributed by atoms with E-state index in [1.165, 1.54) is 0 Å². The van der Waals surface area contributed by atoms with Crippen LogP contribution in [-0.2, 0) is 6.18 Å². The van der Waals surface area contributed by atoms with Crippen LogP contribution < -0.4 is 0 Å². The van der Waals surface area contributed by atoms with Crippen LogP contribution in [0.2, 0.25) is 10.0 Å². The van der Waals surface area contributed by atoms with Crippen LogP contribution in [0.4, 0.5) is 17.6 Å². The number of pyridine rings is 1. The van der Waals surface area contributed by atoms with E-state index in [-0.39, 0.29) is 26.5 Å². The van der Waals surface area contributed by atoms with Gasteiger partial charge >= 0.3 is 6.18 Å². The second kappa shape index (κ2) is 4.24. The molecule has 0 N–H and O–H groups in total. The van der Waals surface area contributed by atoms with E-state index in [9.17, 15) is 17.6 Å². The zero-order chi connectivity index (χ0) is 13.7. The third-order valence-corrected chi connectivity index (χ3v) is 3.25. The third kappa shape index (κ3) is 2.01. The first-order chi connectivity index (χ1) is 8.23. The SMILES string of the molecule is Cc1c(C(F)(F)F)nc2c(Cl)ccc(F)c2c1Cl. The molecule has 7 heteroatoms. The summed E-state index contributed by atoms with van der Waals surface area (Å²) in [5, 5.41) is -0.610. The highest BCUT2D eigenvalue weighted by atomic mass is 35.5. The van der Waals surface area contributed by atoms with Gasteiger partial charge in [-0.25, -0.2) is 9.37 Å². The predicted octanol–water partition coefficient (Wildman–Crippen LogP) is 5.01. The van der Waals surface area contributed by atoms with Gasteiger partial charge in [-0.15, -0.1) is 0 Å². The first-order valence-corrected chi connectivity index (χ1v) is 5.50. The van der Waals surface area contributed by atoms with Crippen LogP contribution in [0.25, 0.3) is 10.9 Å². The van der Waals surface area contributed by atoms with Gasteiger partial charge in [-0.05, 0) is 24.6 Å². The number of fused-ring (bicyclic) bond motifs is 1. The molecule has 0 fully saturated rings. The molecule has 0 saturated heterocycles. The van der Waals surface area contributed by atoms with Gasteiger partial charge in [-0.3, -0.25) is 0 Å². The standard InChI is InChI=1S/C11H5Cl2F4N/c1-4-8(13)7-6(14)3-2-5(12)9(7)18-10(4)11(15,16)17/h2-3H,1H3. The van der Waals surface area contributed by atoms with Crippen molar-refractivity contribution in [2.75, 3.05) is 0 Å². The number of alkyl halides is 3. The molecule has 2 aromatic rings. The largest absolute Gasteiger partial charge is 0.433 e. The van der Waals surface area contributed by atoms with Gasteiger partial charge in [0.15, 0.2) is 0 Å². The van der Waals surface area contributed by atoms with Crippen molar-refractivity contribution < 1.29 is 17.6 Å². The van der Waals surface area contributed by atoms with Crippen LogP contribution in [-0.4, -0.2) is 4.98 Å². The van der Waals surface area contributed by atoms with Crippen LogP contribution in [0.3, 0.4) is 0 Å². The van der Waals surface area contributed by atoms with Crippen molar-refractivity contribution in [3.8, 4) is 0 Å². The Labute approximate surface area is 109 Å². The van der Waals surface area contributed by atoms with Crippen molar-refractivity contribution in [3.05, 3.63) is 39.3 Å². The number of nitrogens with zero attached hydrogens (tertiary/aromatic N) is 1. The number of rotatable bonds is 0. The Bertz CT molecular complexity index is 637. The molecule has 18 heavy (non-hydrogen) atoms. The second-order valence-corrected chi connectivity index (χ2v) is 4.44. The minimum Gasteiger partial charge on any atom is -0.241 e. The molecule has 0 aliphatic rings. The van der Waals surface area contributed by atoms with Crippen molar-refractivity contribution >= 4 is 34.1 Å². The molecule has 1 nitrogen and oxygen atoms in total. The van der Waals surface area contributed by atoms with E-state index >= 15 is 0 Å². The maximum atomic E-state index is 13.6. The van der Waals surface area contributed by atoms with Crippen molar-refractivity contribution in [1.82, 2.24) is 4.98 Å². The number of aromatic nitrogens is 1. The van der Waals surface area contributed by atoms with E-state index in [1.807, 2.05) is 0 Å². The zero-order valence-corrected chi connectivity index (χ0v) is 10.4. The Balaban J connectivity index is 2.97. The molecular weight excluding hydrogens is 293 g/mol. The van der Waals surface area contributed by atoms with E-state index < -0.39 is 17.7 Å². The highest BCUT2D eigenvalue weighted by Gasteiger charge is 2.36. The average Bonchev–Trinajstić information content (AvgIpc) is 2.26. The molecule has 1 aromatic heterocycles. The summed E-state index contributed by atoms with van der Waals surface area (Å²) in [6.07, 6.45) is -4.67. The number of hydrogen-bond acceptors (Lipinski definition) is 1. The normalized spacial score (nSPS) is 12.2. The van der Waals surface area contributed by atoms with E-state index in [4.69, 9.17) is 23.2 Å². The van der Waals surface area contributed by atoms with Crippen LogP contribution >= 0.6 is 23.2 Å². The molecule has 1 heterocycles. The molecule has 96 valence electrons. The van der Waals surface area contributed by atoms with E-state index in [2.05, 4.69) is 4.98 Å². The van der Waals surface area contributed by atoms with Gasteiger partial charge in [0.25, 0.3) is 0 Å². The molecule has 0 aliphatic heterocycles. The van der Waals surface area contributed by atoms with Gasteiger partial charge in [0.2, 0.25) is 0 Å². The minimum atomic E-state index is -4.67. The fraction of sp³-hybridized carbons (Fsp3) is 0.182. The second-order valence-electron chi connectivity index (χ2n) is 3.65. The first-order valence-electron chi connectivity index (χ1n) is 4.74. The molecule has 0 saturated carbocycles. The Morgan fingerprint density at radius 2 is 1.78 bits per heavy atom. The number of hydrogen-bond donors (Lipinski definition) is 0. The molecule has 0 radical (unpaired) electrons. The van der Waals surface area contributed by atoms with Crippen LogP contribution in [0, 0.1) is 12.7 Å². The van der Waals surface area contributed by atoms with Crippen molar-refractivity contribution in [1.29, 1.82) is 0 Å². The molecule has 1 aromatic carbocycles. The summed E-state index contributed by atoms with van der Waals surface area (Å²) in [5.74, 6) is -0.760. The van der Waals surface area contributed by atoms with Crippen molar-refractivity contribution in [2.24, 2.45) is 0 Å². The Morgan fingerprint density at radius 3 is 2.33 bits per heavy atom. The van der Waals surface area contributed by atoms with Crippen LogP contribution in [0.5, 0.6) is 0 Å². The van der Waals surface area contributed by atoms with Crippen molar-refractivity contribution in [3.63, 3.8) is 0 Å². The van der Waals surface area contributed by atoms with Crippen LogP contribution in [0.15, 0.2) is 12.1 Å². The fourth-order valence-electron chi connectivity index (χ4n) is 1.62. The molecule has 0 aliphatic carbocycles. The highest BCUT2D eigenvalue weighted by Crippen LogP contribution is 2.39. The Morgan fingerprint density at radius 1 is 1.17 bits per heavy atom. The molecule has 0 bridgehead atoms. The Kier molecular flexibility index (Phi) is 3.15. The molecule has 2 rings (SSSR count). The molecular formula is C11H5Cl2F4N. The van der Waals surface area contributed by atoms with Gasteiger partial charge in [-0.2, -0.15) is 13.2 Å². The minimum absolute atomic E-state index is 0.0844. The predicted molar refractivity (Wildman–Crippen MR) is 61.5 cm³/mol. The molecule has 0 unspecified atom stereocenters. The topological polar surface area (TPSA) is 12.9 Å². The third-order valence-electron chi connectivity index (χ3n) is 2.47. The summed E-state index contributed by atoms with van der Waals surface area (Å²) >= 11 is 11.5. The smallest absolute Gasteiger partial charge is 0.241 e. The number of halogens is 6. The lowest BCUT2D eigenvalue weighted by molar-refractivity contribution is -0.141. The lowest BCUT2D eigenvalue weighted by Gasteiger charge is -2.13. The zero-order valence-electron chi connectivity index (χ0n) is 8.87. The van der Waals surface area contributed by atoms with Gasteiger partial charge in [0.1, 0.15) is 11.5 Å². The molecule has 0 amide bonds. The van der Waals surface area contributed by atoms with Gasteiger partial charge in [-0.1, -0.05) is 23.2 Å². The molecule has 0 atom stereocenters. The summed E-state index contributed by atoms with van der Waals surface area (Å²) in [7, 11) is 0. The quantitative estimate of drug-likeness (QED) is 0.623. The molecule has 0 spiro atoms. The monoisotopic (exact) mass is 297 g/mol. The summed E-state index contributed by atoms with van der Waals surface area (Å²) in [6, 6.07) is 2.17. The summed E-state index contributed by atoms with van der Waals surface area (Å²) in [4.78, 5) is 3.39. The summed E-state index contributed by atoms with van der Waals surface area (Å²) < 4.78 is 51.8. The lowest BCUT2D eigenvalue weighted by Crippen LogP contribution is -2.11. The van der Waals surface area contributed by atoms with E-state index in [0.29, 0.717) is 0 Å². The van der Waals surface area contributed by atoms with Crippen LogP contribution in [0.1, 0.15) is 11.3 Å². The van der Waals surface area contributed by atoms with Gasteiger partial charge in [0, 0.05) is 0 Å². The fourth-order valence-corrected chi connectivity index (χ4v) is 2.09. The van der Waals surface area contributed by atoms with Gasteiger partial charge < -0.3 is 0 Å². The maximum Gasteiger partial charge on any atom is 0.433 e. The maximum absolute atomic E-state index is 13.6. The summed E-state index contributed by atoms with van der Waals surface area (Å²) in [6.45, 7) is 1.14. The average molecular weight is 298 g/mol. The highest BCUT2D eigenvalue weighted by molar-refractivity contribution is 6.39. The summed E-state index contributed by atoms with van der Waals surface area (Å²) in [5.41, 5.74) is -1.77. The van der Waals surface area contributed by atoms with E-state index in [0.717, 1.165) is 19.1 Å².